The van der Waals surface area contributed by atoms with E-state index in [1.807, 2.05) is 12.2 Å². The summed E-state index contributed by atoms with van der Waals surface area (Å²) in [4.78, 5) is 26.1. The van der Waals surface area contributed by atoms with Crippen LogP contribution in [0.5, 0.6) is 0 Å². The third-order valence-electron chi connectivity index (χ3n) is 11.0. The zero-order chi connectivity index (χ0) is 45.2. The molecule has 0 radical (unpaired) electrons. The molecular formula is C56H95NO5. The lowest BCUT2D eigenvalue weighted by Crippen LogP contribution is -2.46. The second-order valence-electron chi connectivity index (χ2n) is 16.9. The number of carbonyl (C=O) groups excluding carboxylic acids is 2. The molecule has 0 saturated carbocycles. The first-order chi connectivity index (χ1) is 30.5. The molecule has 0 aromatic rings. The lowest BCUT2D eigenvalue weighted by atomic mass is 10.0. The van der Waals surface area contributed by atoms with Crippen molar-refractivity contribution in [2.45, 2.75) is 238 Å². The molecule has 6 nitrogen and oxygen atoms in total. The number of nitrogens with one attached hydrogen (secondary N) is 1. The van der Waals surface area contributed by atoms with Gasteiger partial charge in [0.25, 0.3) is 0 Å². The lowest BCUT2D eigenvalue weighted by Gasteiger charge is -2.24. The molecule has 354 valence electrons. The van der Waals surface area contributed by atoms with Crippen molar-refractivity contribution in [3.05, 3.63) is 97.2 Å². The predicted octanol–water partition coefficient (Wildman–Crippen LogP) is 15.3. The quantitative estimate of drug-likeness (QED) is 0.0245. The van der Waals surface area contributed by atoms with E-state index in [1.165, 1.54) is 77.0 Å². The molecule has 0 aliphatic carbocycles. The SMILES string of the molecule is CC/C=C\C/C=C\C/C=C\C/C=C\C/C=C\CC(CC(=O)NC(CO)C(O)CCCCCCCCCCCCCCCCC)OC(=O)CCCCCCC\C=C/C=C/C=C/CC. The molecule has 3 atom stereocenters. The van der Waals surface area contributed by atoms with Crippen molar-refractivity contribution >= 4 is 11.9 Å². The maximum Gasteiger partial charge on any atom is 0.306 e. The summed E-state index contributed by atoms with van der Waals surface area (Å²) in [6.45, 7) is 6.20. The summed E-state index contributed by atoms with van der Waals surface area (Å²) in [7, 11) is 0. The summed E-state index contributed by atoms with van der Waals surface area (Å²) in [5.41, 5.74) is 0. The van der Waals surface area contributed by atoms with Crippen LogP contribution in [-0.4, -0.2) is 46.9 Å². The van der Waals surface area contributed by atoms with Crippen molar-refractivity contribution < 1.29 is 24.5 Å². The van der Waals surface area contributed by atoms with Gasteiger partial charge in [0.05, 0.1) is 25.2 Å². The van der Waals surface area contributed by atoms with Crippen molar-refractivity contribution in [3.8, 4) is 0 Å². The second kappa shape index (κ2) is 48.8. The molecule has 1 amide bonds. The zero-order valence-corrected chi connectivity index (χ0v) is 40.2. The van der Waals surface area contributed by atoms with Gasteiger partial charge in [0, 0.05) is 12.8 Å². The third-order valence-corrected chi connectivity index (χ3v) is 11.0. The van der Waals surface area contributed by atoms with E-state index in [0.717, 1.165) is 96.3 Å². The van der Waals surface area contributed by atoms with E-state index in [9.17, 15) is 19.8 Å². The highest BCUT2D eigenvalue weighted by atomic mass is 16.5. The van der Waals surface area contributed by atoms with Gasteiger partial charge in [-0.05, 0) is 64.2 Å². The van der Waals surface area contributed by atoms with E-state index in [-0.39, 0.29) is 24.9 Å². The van der Waals surface area contributed by atoms with E-state index in [4.69, 9.17) is 4.74 Å². The maximum absolute atomic E-state index is 13.2. The molecule has 0 aliphatic rings. The van der Waals surface area contributed by atoms with Gasteiger partial charge in [-0.3, -0.25) is 9.59 Å². The van der Waals surface area contributed by atoms with Gasteiger partial charge in [-0.2, -0.15) is 0 Å². The minimum Gasteiger partial charge on any atom is -0.461 e. The van der Waals surface area contributed by atoms with E-state index in [0.29, 0.717) is 19.3 Å². The number of esters is 1. The Morgan fingerprint density at radius 3 is 1.48 bits per heavy atom. The average Bonchev–Trinajstić information content (AvgIpc) is 3.26. The van der Waals surface area contributed by atoms with Crippen LogP contribution in [-0.2, 0) is 14.3 Å². The van der Waals surface area contributed by atoms with Gasteiger partial charge in [-0.15, -0.1) is 0 Å². The topological polar surface area (TPSA) is 95.9 Å². The molecule has 0 bridgehead atoms. The molecule has 3 unspecified atom stereocenters. The molecule has 0 aliphatic heterocycles. The van der Waals surface area contributed by atoms with E-state index >= 15 is 0 Å². The molecule has 0 aromatic heterocycles. The van der Waals surface area contributed by atoms with Gasteiger partial charge in [0.1, 0.15) is 6.10 Å². The minimum atomic E-state index is -0.821. The largest absolute Gasteiger partial charge is 0.461 e. The van der Waals surface area contributed by atoms with Gasteiger partial charge in [-0.25, -0.2) is 0 Å². The van der Waals surface area contributed by atoms with E-state index in [1.54, 1.807) is 0 Å². The standard InChI is InChI=1S/C56H95NO5/c1-4-7-10-13-16-19-22-25-27-30-32-35-38-41-44-47-52(62-56(61)49-46-43-40-37-34-29-24-21-18-15-12-9-6-3)50-55(60)57-53(51-58)54(59)48-45-42-39-36-33-31-28-26-23-20-17-14-11-8-5-2/h7,9-10,12,15-16,18-19,21,24-25,27,32,35,41,44,52-54,58-59H,4-6,8,11,13-14,17,20,22-23,26,28-31,33-34,36-40,42-43,45-51H2,1-3H3,(H,57,60)/b10-7-,12-9+,18-15+,19-16-,24-21-,27-25-,35-32-,44-41-. The monoisotopic (exact) mass is 862 g/mol. The normalized spacial score (nSPS) is 14.1. The van der Waals surface area contributed by atoms with Crippen LogP contribution in [0.1, 0.15) is 220 Å². The molecule has 6 heteroatoms. The van der Waals surface area contributed by atoms with E-state index in [2.05, 4.69) is 111 Å². The van der Waals surface area contributed by atoms with Gasteiger partial charge in [-0.1, -0.05) is 234 Å². The van der Waals surface area contributed by atoms with Gasteiger partial charge < -0.3 is 20.3 Å². The third kappa shape index (κ3) is 43.4. The number of rotatable bonds is 44. The van der Waals surface area contributed by atoms with Crippen molar-refractivity contribution in [1.82, 2.24) is 5.32 Å². The number of unbranched alkanes of at least 4 members (excludes halogenated alkanes) is 19. The van der Waals surface area contributed by atoms with Crippen molar-refractivity contribution in [2.24, 2.45) is 0 Å². The second-order valence-corrected chi connectivity index (χ2v) is 16.9. The number of hydrogen-bond acceptors (Lipinski definition) is 5. The smallest absolute Gasteiger partial charge is 0.306 e. The van der Waals surface area contributed by atoms with Gasteiger partial charge >= 0.3 is 5.97 Å². The van der Waals surface area contributed by atoms with Crippen LogP contribution in [0.3, 0.4) is 0 Å². The Kier molecular flexibility index (Phi) is 46.3. The van der Waals surface area contributed by atoms with Crippen molar-refractivity contribution in [1.29, 1.82) is 0 Å². The summed E-state index contributed by atoms with van der Waals surface area (Å²) >= 11 is 0. The Bertz CT molecular complexity index is 1240. The number of carbonyl (C=O) groups is 2. The Labute approximate surface area is 382 Å². The van der Waals surface area contributed by atoms with Gasteiger partial charge in [0.15, 0.2) is 0 Å². The Morgan fingerprint density at radius 2 is 0.968 bits per heavy atom. The number of aliphatic hydroxyl groups excluding tert-OH is 2. The summed E-state index contributed by atoms with van der Waals surface area (Å²) in [5, 5.41) is 23.7. The molecule has 3 N–H and O–H groups in total. The fourth-order valence-corrected chi connectivity index (χ4v) is 7.16. The molecule has 0 aromatic carbocycles. The highest BCUT2D eigenvalue weighted by Gasteiger charge is 2.23. The fourth-order valence-electron chi connectivity index (χ4n) is 7.16. The summed E-state index contributed by atoms with van der Waals surface area (Å²) in [6, 6.07) is -0.742. The molecule has 0 spiro atoms. The minimum absolute atomic E-state index is 0.0141. The number of amides is 1. The van der Waals surface area contributed by atoms with Crippen LogP contribution in [0.15, 0.2) is 97.2 Å². The highest BCUT2D eigenvalue weighted by molar-refractivity contribution is 5.77. The number of ether oxygens (including phenoxy) is 1. The van der Waals surface area contributed by atoms with Crippen LogP contribution >= 0.6 is 0 Å². The highest BCUT2D eigenvalue weighted by Crippen LogP contribution is 2.16. The van der Waals surface area contributed by atoms with Crippen molar-refractivity contribution in [2.75, 3.05) is 6.61 Å². The first-order valence-corrected chi connectivity index (χ1v) is 25.5. The fraction of sp³-hybridized carbons (Fsp3) is 0.679. The predicted molar refractivity (Wildman–Crippen MR) is 268 cm³/mol. The molecule has 0 heterocycles. The van der Waals surface area contributed by atoms with Crippen LogP contribution in [0.4, 0.5) is 0 Å². The molecule has 62 heavy (non-hydrogen) atoms. The average molecular weight is 862 g/mol. The first kappa shape index (κ1) is 58.8. The number of allylic oxidation sites excluding steroid dienone is 15. The summed E-state index contributed by atoms with van der Waals surface area (Å²) in [6.07, 6.45) is 64.8. The number of hydrogen-bond donors (Lipinski definition) is 3. The van der Waals surface area contributed by atoms with Crippen LogP contribution in [0.25, 0.3) is 0 Å². The molecule has 0 fully saturated rings. The van der Waals surface area contributed by atoms with Crippen LogP contribution < -0.4 is 5.32 Å². The van der Waals surface area contributed by atoms with Crippen molar-refractivity contribution in [3.63, 3.8) is 0 Å². The molecule has 0 saturated heterocycles. The zero-order valence-electron chi connectivity index (χ0n) is 40.2. The maximum atomic E-state index is 13.2. The Hall–Kier alpha value is -3.22. The summed E-state index contributed by atoms with van der Waals surface area (Å²) < 4.78 is 5.85. The van der Waals surface area contributed by atoms with Crippen LogP contribution in [0, 0.1) is 0 Å². The lowest BCUT2D eigenvalue weighted by molar-refractivity contribution is -0.150. The Morgan fingerprint density at radius 1 is 0.516 bits per heavy atom. The Balaban J connectivity index is 4.74. The molecule has 0 rings (SSSR count). The first-order valence-electron chi connectivity index (χ1n) is 25.5. The van der Waals surface area contributed by atoms with Crippen LogP contribution in [0.2, 0.25) is 0 Å². The van der Waals surface area contributed by atoms with Gasteiger partial charge in [0.2, 0.25) is 5.91 Å². The van der Waals surface area contributed by atoms with E-state index < -0.39 is 18.2 Å². The number of aliphatic hydroxyl groups is 2. The summed E-state index contributed by atoms with van der Waals surface area (Å²) in [5.74, 6) is -0.611. The molecular weight excluding hydrogens is 767 g/mol.